The molecule has 3 aromatic rings. The number of nitrogens with zero attached hydrogens (tertiary/aromatic N) is 5. The summed E-state index contributed by atoms with van der Waals surface area (Å²) < 4.78 is 28.4. The zero-order valence-corrected chi connectivity index (χ0v) is 19.9. The van der Waals surface area contributed by atoms with Gasteiger partial charge in [0.2, 0.25) is 10.0 Å². The van der Waals surface area contributed by atoms with Crippen LogP contribution in [0, 0.1) is 0 Å². The second-order valence-electron chi connectivity index (χ2n) is 8.72. The molecule has 0 bridgehead atoms. The van der Waals surface area contributed by atoms with Gasteiger partial charge in [-0.2, -0.15) is 14.1 Å². The SMILES string of the molecule is CC(C)N(C)S(=O)(=O)c1cccc(C(=O)Nc2cc(C(C)(C)C)nn2-c2ncccn2)c1. The third-order valence-corrected chi connectivity index (χ3v) is 6.99. The fraction of sp³-hybridized carbons (Fsp3) is 0.364. The fourth-order valence-electron chi connectivity index (χ4n) is 2.82. The van der Waals surface area contributed by atoms with Gasteiger partial charge in [0.1, 0.15) is 5.82 Å². The predicted molar refractivity (Wildman–Crippen MR) is 122 cm³/mol. The van der Waals surface area contributed by atoms with E-state index in [9.17, 15) is 13.2 Å². The molecule has 1 aromatic carbocycles. The highest BCUT2D eigenvalue weighted by Gasteiger charge is 2.25. The molecule has 32 heavy (non-hydrogen) atoms. The number of hydrogen-bond acceptors (Lipinski definition) is 6. The smallest absolute Gasteiger partial charge is 0.256 e. The van der Waals surface area contributed by atoms with Crippen molar-refractivity contribution in [1.82, 2.24) is 24.1 Å². The van der Waals surface area contributed by atoms with Gasteiger partial charge in [0, 0.05) is 42.5 Å². The van der Waals surface area contributed by atoms with E-state index < -0.39 is 15.9 Å². The van der Waals surface area contributed by atoms with Crippen LogP contribution < -0.4 is 5.32 Å². The number of nitrogens with one attached hydrogen (secondary N) is 1. The molecule has 0 aliphatic rings. The summed E-state index contributed by atoms with van der Waals surface area (Å²) in [5, 5.41) is 7.39. The molecule has 2 aromatic heterocycles. The lowest BCUT2D eigenvalue weighted by atomic mass is 9.92. The predicted octanol–water partition coefficient (Wildman–Crippen LogP) is 3.24. The van der Waals surface area contributed by atoms with Crippen LogP contribution in [0.1, 0.15) is 50.7 Å². The van der Waals surface area contributed by atoms with Crippen LogP contribution >= 0.6 is 0 Å². The topological polar surface area (TPSA) is 110 Å². The number of sulfonamides is 1. The van der Waals surface area contributed by atoms with E-state index in [1.807, 2.05) is 20.8 Å². The molecule has 3 rings (SSSR count). The summed E-state index contributed by atoms with van der Waals surface area (Å²) in [7, 11) is -2.20. The minimum Gasteiger partial charge on any atom is -0.306 e. The van der Waals surface area contributed by atoms with E-state index in [0.29, 0.717) is 11.8 Å². The van der Waals surface area contributed by atoms with Crippen LogP contribution in [0.4, 0.5) is 5.82 Å². The Morgan fingerprint density at radius 3 is 2.34 bits per heavy atom. The van der Waals surface area contributed by atoms with Crippen molar-refractivity contribution in [2.24, 2.45) is 0 Å². The maximum Gasteiger partial charge on any atom is 0.256 e. The number of rotatable bonds is 6. The van der Waals surface area contributed by atoms with Crippen LogP contribution in [-0.2, 0) is 15.4 Å². The Morgan fingerprint density at radius 2 is 1.75 bits per heavy atom. The number of carbonyl (C=O) groups is 1. The minimum absolute atomic E-state index is 0.0524. The molecule has 0 aliphatic carbocycles. The van der Waals surface area contributed by atoms with Gasteiger partial charge < -0.3 is 5.32 Å². The lowest BCUT2D eigenvalue weighted by Gasteiger charge is -2.21. The molecule has 0 atom stereocenters. The van der Waals surface area contributed by atoms with Gasteiger partial charge in [-0.3, -0.25) is 4.79 Å². The molecule has 10 heteroatoms. The van der Waals surface area contributed by atoms with E-state index in [-0.39, 0.29) is 21.9 Å². The van der Waals surface area contributed by atoms with E-state index in [0.717, 1.165) is 5.69 Å². The molecule has 0 unspecified atom stereocenters. The Labute approximate surface area is 188 Å². The van der Waals surface area contributed by atoms with Gasteiger partial charge >= 0.3 is 0 Å². The molecule has 0 aliphatic heterocycles. The standard InChI is InChI=1S/C22H28N6O3S/c1-15(2)27(6)32(30,31)17-10-7-9-16(13-17)20(29)25-19-14-18(22(3,4)5)26-28(19)21-23-11-8-12-24-21/h7-15H,1-6H3,(H,25,29). The molecular formula is C22H28N6O3S. The van der Waals surface area contributed by atoms with Crippen LogP contribution in [0.25, 0.3) is 5.95 Å². The zero-order valence-electron chi connectivity index (χ0n) is 19.1. The van der Waals surface area contributed by atoms with Crippen molar-refractivity contribution < 1.29 is 13.2 Å². The number of benzene rings is 1. The highest BCUT2D eigenvalue weighted by atomic mass is 32.2. The molecule has 170 valence electrons. The molecule has 0 spiro atoms. The first-order chi connectivity index (χ1) is 14.9. The van der Waals surface area contributed by atoms with Gasteiger partial charge in [-0.25, -0.2) is 18.4 Å². The summed E-state index contributed by atoms with van der Waals surface area (Å²) in [4.78, 5) is 21.5. The maximum absolute atomic E-state index is 13.0. The van der Waals surface area contributed by atoms with Gasteiger partial charge in [0.05, 0.1) is 10.6 Å². The van der Waals surface area contributed by atoms with Crippen molar-refractivity contribution in [2.45, 2.75) is 51.0 Å². The highest BCUT2D eigenvalue weighted by molar-refractivity contribution is 7.89. The van der Waals surface area contributed by atoms with Crippen molar-refractivity contribution in [3.05, 3.63) is 60.0 Å². The quantitative estimate of drug-likeness (QED) is 0.610. The van der Waals surface area contributed by atoms with E-state index in [2.05, 4.69) is 20.4 Å². The number of amides is 1. The van der Waals surface area contributed by atoms with Crippen LogP contribution in [-0.4, -0.2) is 51.5 Å². The van der Waals surface area contributed by atoms with Crippen molar-refractivity contribution in [3.63, 3.8) is 0 Å². The van der Waals surface area contributed by atoms with Crippen molar-refractivity contribution in [3.8, 4) is 5.95 Å². The average Bonchev–Trinajstić information content (AvgIpc) is 3.18. The second-order valence-corrected chi connectivity index (χ2v) is 10.7. The summed E-state index contributed by atoms with van der Waals surface area (Å²) in [5.74, 6) is 0.235. The first-order valence-corrected chi connectivity index (χ1v) is 11.6. The Bertz CT molecular complexity index is 1210. The van der Waals surface area contributed by atoms with Crippen molar-refractivity contribution >= 4 is 21.7 Å². The van der Waals surface area contributed by atoms with Crippen LogP contribution in [0.15, 0.2) is 53.7 Å². The number of hydrogen-bond donors (Lipinski definition) is 1. The summed E-state index contributed by atoms with van der Waals surface area (Å²) in [6, 6.07) is 9.20. The molecule has 9 nitrogen and oxygen atoms in total. The maximum atomic E-state index is 13.0. The number of carbonyl (C=O) groups excluding carboxylic acids is 1. The lowest BCUT2D eigenvalue weighted by Crippen LogP contribution is -2.33. The Morgan fingerprint density at radius 1 is 1.09 bits per heavy atom. The first kappa shape index (κ1) is 23.6. The van der Waals surface area contributed by atoms with E-state index in [4.69, 9.17) is 0 Å². The third kappa shape index (κ3) is 4.86. The van der Waals surface area contributed by atoms with Gasteiger partial charge in [-0.1, -0.05) is 26.8 Å². The molecule has 0 radical (unpaired) electrons. The Balaban J connectivity index is 1.97. The average molecular weight is 457 g/mol. The zero-order chi connectivity index (χ0) is 23.7. The van der Waals surface area contributed by atoms with E-state index >= 15 is 0 Å². The van der Waals surface area contributed by atoms with Crippen molar-refractivity contribution in [2.75, 3.05) is 12.4 Å². The first-order valence-electron chi connectivity index (χ1n) is 10.2. The van der Waals surface area contributed by atoms with Gasteiger partial charge in [-0.05, 0) is 38.1 Å². The molecule has 2 heterocycles. The normalized spacial score (nSPS) is 12.4. The summed E-state index contributed by atoms with van der Waals surface area (Å²) >= 11 is 0. The summed E-state index contributed by atoms with van der Waals surface area (Å²) in [6.45, 7) is 9.60. The fourth-order valence-corrected chi connectivity index (χ4v) is 4.23. The van der Waals surface area contributed by atoms with E-state index in [1.54, 1.807) is 50.5 Å². The van der Waals surface area contributed by atoms with Crippen molar-refractivity contribution in [1.29, 1.82) is 0 Å². The van der Waals surface area contributed by atoms with Crippen LogP contribution in [0.3, 0.4) is 0 Å². The Kier molecular flexibility index (Phi) is 6.47. The third-order valence-electron chi connectivity index (χ3n) is 4.96. The van der Waals surface area contributed by atoms with Crippen LogP contribution in [0.5, 0.6) is 0 Å². The van der Waals surface area contributed by atoms with Gasteiger partial charge in [0.25, 0.3) is 11.9 Å². The van der Waals surface area contributed by atoms with E-state index in [1.165, 1.54) is 28.2 Å². The molecule has 0 saturated carbocycles. The molecule has 1 amide bonds. The largest absolute Gasteiger partial charge is 0.306 e. The lowest BCUT2D eigenvalue weighted by molar-refractivity contribution is 0.102. The molecule has 0 saturated heterocycles. The van der Waals surface area contributed by atoms with Gasteiger partial charge in [0.15, 0.2) is 0 Å². The summed E-state index contributed by atoms with van der Waals surface area (Å²) in [6.07, 6.45) is 3.18. The van der Waals surface area contributed by atoms with Crippen LogP contribution in [0.2, 0.25) is 0 Å². The number of aromatic nitrogens is 4. The summed E-state index contributed by atoms with van der Waals surface area (Å²) in [5.41, 5.74) is 0.687. The molecule has 1 N–H and O–H groups in total. The second kappa shape index (κ2) is 8.79. The number of anilines is 1. The van der Waals surface area contributed by atoms with Gasteiger partial charge in [-0.15, -0.1) is 0 Å². The Hall–Kier alpha value is -3.11. The highest BCUT2D eigenvalue weighted by Crippen LogP contribution is 2.26. The molecular weight excluding hydrogens is 428 g/mol. The molecule has 0 fully saturated rings. The minimum atomic E-state index is -3.72. The monoisotopic (exact) mass is 456 g/mol.